The second-order valence-corrected chi connectivity index (χ2v) is 5.60. The summed E-state index contributed by atoms with van der Waals surface area (Å²) in [6, 6.07) is 8.10. The first kappa shape index (κ1) is 15.1. The first-order valence-electron chi connectivity index (χ1n) is 7.46. The molecule has 0 aliphatic heterocycles. The second kappa shape index (κ2) is 7.46. The van der Waals surface area contributed by atoms with E-state index >= 15 is 0 Å². The zero-order valence-electron chi connectivity index (χ0n) is 12.1. The number of ether oxygens (including phenoxy) is 1. The monoisotopic (exact) mass is 275 g/mol. The van der Waals surface area contributed by atoms with Crippen LogP contribution in [0.2, 0.25) is 0 Å². The average molecular weight is 275 g/mol. The summed E-state index contributed by atoms with van der Waals surface area (Å²) in [5, 5.41) is 13.2. The van der Waals surface area contributed by atoms with Crippen molar-refractivity contribution >= 4 is 0 Å². The van der Waals surface area contributed by atoms with Gasteiger partial charge in [0.15, 0.2) is 0 Å². The molecule has 0 atom stereocenters. The van der Waals surface area contributed by atoms with Crippen LogP contribution in [0.1, 0.15) is 37.7 Å². The molecule has 110 valence electrons. The molecule has 1 saturated carbocycles. The van der Waals surface area contributed by atoms with Gasteiger partial charge in [0, 0.05) is 12.1 Å². The van der Waals surface area contributed by atoms with Crippen molar-refractivity contribution in [3.05, 3.63) is 42.5 Å². The van der Waals surface area contributed by atoms with E-state index in [4.69, 9.17) is 4.74 Å². The van der Waals surface area contributed by atoms with Crippen LogP contribution >= 0.6 is 0 Å². The minimum atomic E-state index is -0.0732. The third-order valence-corrected chi connectivity index (χ3v) is 4.07. The Morgan fingerprint density at radius 3 is 2.50 bits per heavy atom. The average Bonchev–Trinajstić information content (AvgIpc) is 2.53. The molecule has 0 saturated heterocycles. The topological polar surface area (TPSA) is 41.5 Å². The number of hydrogen-bond donors (Lipinski definition) is 2. The van der Waals surface area contributed by atoms with Crippen molar-refractivity contribution in [2.45, 2.75) is 44.2 Å². The van der Waals surface area contributed by atoms with Gasteiger partial charge in [0.2, 0.25) is 0 Å². The Hall–Kier alpha value is -1.32. The van der Waals surface area contributed by atoms with Gasteiger partial charge in [-0.2, -0.15) is 0 Å². The molecular weight excluding hydrogens is 250 g/mol. The lowest BCUT2D eigenvalue weighted by Crippen LogP contribution is -2.49. The number of rotatable bonds is 7. The van der Waals surface area contributed by atoms with E-state index in [2.05, 4.69) is 24.0 Å². The zero-order valence-corrected chi connectivity index (χ0v) is 12.1. The molecule has 0 bridgehead atoms. The molecule has 0 heterocycles. The van der Waals surface area contributed by atoms with Crippen molar-refractivity contribution in [2.24, 2.45) is 0 Å². The summed E-state index contributed by atoms with van der Waals surface area (Å²) < 4.78 is 5.47. The van der Waals surface area contributed by atoms with Gasteiger partial charge in [0.25, 0.3) is 0 Å². The highest BCUT2D eigenvalue weighted by Crippen LogP contribution is 2.28. The Balaban J connectivity index is 1.87. The molecule has 2 N–H and O–H groups in total. The molecule has 0 amide bonds. The Bertz CT molecular complexity index is 408. The van der Waals surface area contributed by atoms with Crippen molar-refractivity contribution in [3.63, 3.8) is 0 Å². The highest BCUT2D eigenvalue weighted by Gasteiger charge is 2.30. The van der Waals surface area contributed by atoms with Crippen molar-refractivity contribution in [1.82, 2.24) is 5.32 Å². The van der Waals surface area contributed by atoms with Crippen molar-refractivity contribution in [1.29, 1.82) is 0 Å². The third-order valence-electron chi connectivity index (χ3n) is 4.07. The number of hydrogen-bond acceptors (Lipinski definition) is 3. The molecule has 2 rings (SSSR count). The van der Waals surface area contributed by atoms with E-state index in [9.17, 15) is 5.11 Å². The highest BCUT2D eigenvalue weighted by atomic mass is 16.5. The molecule has 1 aromatic carbocycles. The molecule has 0 unspecified atom stereocenters. The van der Waals surface area contributed by atoms with Gasteiger partial charge in [0.05, 0.1) is 6.61 Å². The van der Waals surface area contributed by atoms with E-state index in [1.54, 1.807) is 6.08 Å². The lowest BCUT2D eigenvalue weighted by molar-refractivity contribution is 0.119. The number of nitrogens with one attached hydrogen (secondary N) is 1. The van der Waals surface area contributed by atoms with E-state index in [-0.39, 0.29) is 12.1 Å². The van der Waals surface area contributed by atoms with Crippen LogP contribution in [-0.4, -0.2) is 23.9 Å². The Morgan fingerprint density at radius 1 is 1.20 bits per heavy atom. The number of aliphatic hydroxyl groups excluding tert-OH is 1. The van der Waals surface area contributed by atoms with Gasteiger partial charge in [0.1, 0.15) is 12.4 Å². The molecule has 3 nitrogen and oxygen atoms in total. The standard InChI is InChI=1S/C17H25NO2/c1-2-12-20-16-8-6-15(7-9-16)13-18-17(14-19)10-4-3-5-11-17/h2,6-9,18-19H,1,3-5,10-14H2. The van der Waals surface area contributed by atoms with Gasteiger partial charge in [-0.25, -0.2) is 0 Å². The van der Waals surface area contributed by atoms with Crippen molar-refractivity contribution in [2.75, 3.05) is 13.2 Å². The van der Waals surface area contributed by atoms with Crippen LogP contribution in [0.3, 0.4) is 0 Å². The lowest BCUT2D eigenvalue weighted by Gasteiger charge is -2.36. The molecule has 20 heavy (non-hydrogen) atoms. The largest absolute Gasteiger partial charge is 0.490 e. The lowest BCUT2D eigenvalue weighted by atomic mass is 9.82. The first-order chi connectivity index (χ1) is 9.78. The molecule has 0 radical (unpaired) electrons. The van der Waals surface area contributed by atoms with E-state index in [1.165, 1.54) is 24.8 Å². The SMILES string of the molecule is C=CCOc1ccc(CNC2(CO)CCCCC2)cc1. The van der Waals surface area contributed by atoms with Gasteiger partial charge < -0.3 is 15.2 Å². The van der Waals surface area contributed by atoms with E-state index in [0.29, 0.717) is 6.61 Å². The van der Waals surface area contributed by atoms with Crippen LogP contribution < -0.4 is 10.1 Å². The number of aliphatic hydroxyl groups is 1. The van der Waals surface area contributed by atoms with Crippen LogP contribution in [0.15, 0.2) is 36.9 Å². The van der Waals surface area contributed by atoms with Gasteiger partial charge in [-0.15, -0.1) is 0 Å². The molecule has 0 spiro atoms. The van der Waals surface area contributed by atoms with Crippen LogP contribution in [0, 0.1) is 0 Å². The van der Waals surface area contributed by atoms with Crippen LogP contribution in [-0.2, 0) is 6.54 Å². The fourth-order valence-electron chi connectivity index (χ4n) is 2.77. The maximum Gasteiger partial charge on any atom is 0.119 e. The Kier molecular flexibility index (Phi) is 5.62. The Labute approximate surface area is 121 Å². The third kappa shape index (κ3) is 4.09. The van der Waals surface area contributed by atoms with E-state index in [1.807, 2.05) is 12.1 Å². The summed E-state index contributed by atoms with van der Waals surface area (Å²) in [5.74, 6) is 0.864. The summed E-state index contributed by atoms with van der Waals surface area (Å²) in [5.41, 5.74) is 1.14. The first-order valence-corrected chi connectivity index (χ1v) is 7.46. The predicted octanol–water partition coefficient (Wildman–Crippen LogP) is 3.04. The summed E-state index contributed by atoms with van der Waals surface area (Å²) in [6.45, 7) is 5.19. The van der Waals surface area contributed by atoms with E-state index < -0.39 is 0 Å². The Morgan fingerprint density at radius 2 is 1.90 bits per heavy atom. The molecular formula is C17H25NO2. The molecule has 0 aromatic heterocycles. The van der Waals surface area contributed by atoms with Gasteiger partial charge >= 0.3 is 0 Å². The quantitative estimate of drug-likeness (QED) is 0.752. The van der Waals surface area contributed by atoms with Crippen molar-refractivity contribution < 1.29 is 9.84 Å². The minimum absolute atomic E-state index is 0.0732. The summed E-state index contributed by atoms with van der Waals surface area (Å²) in [4.78, 5) is 0. The van der Waals surface area contributed by atoms with Crippen LogP contribution in [0.5, 0.6) is 5.75 Å². The molecule has 1 fully saturated rings. The molecule has 1 aliphatic carbocycles. The number of benzene rings is 1. The maximum absolute atomic E-state index is 9.67. The fourth-order valence-corrected chi connectivity index (χ4v) is 2.77. The van der Waals surface area contributed by atoms with Gasteiger partial charge in [-0.3, -0.25) is 0 Å². The molecule has 1 aromatic rings. The molecule has 1 aliphatic rings. The maximum atomic E-state index is 9.67. The minimum Gasteiger partial charge on any atom is -0.490 e. The van der Waals surface area contributed by atoms with Gasteiger partial charge in [-0.1, -0.05) is 44.1 Å². The van der Waals surface area contributed by atoms with E-state index in [0.717, 1.165) is 25.1 Å². The van der Waals surface area contributed by atoms with Crippen molar-refractivity contribution in [3.8, 4) is 5.75 Å². The summed E-state index contributed by atoms with van der Waals surface area (Å²) in [7, 11) is 0. The normalized spacial score (nSPS) is 17.6. The van der Waals surface area contributed by atoms with Gasteiger partial charge in [-0.05, 0) is 30.5 Å². The highest BCUT2D eigenvalue weighted by molar-refractivity contribution is 5.27. The summed E-state index contributed by atoms with van der Waals surface area (Å²) >= 11 is 0. The smallest absolute Gasteiger partial charge is 0.119 e. The van der Waals surface area contributed by atoms with Crippen LogP contribution in [0.4, 0.5) is 0 Å². The fraction of sp³-hybridized carbons (Fsp3) is 0.529. The molecule has 3 heteroatoms. The zero-order chi connectivity index (χ0) is 14.3. The predicted molar refractivity (Wildman–Crippen MR) is 81.9 cm³/mol. The van der Waals surface area contributed by atoms with Crippen LogP contribution in [0.25, 0.3) is 0 Å². The summed E-state index contributed by atoms with van der Waals surface area (Å²) in [6.07, 6.45) is 7.60. The second-order valence-electron chi connectivity index (χ2n) is 5.60.